The Morgan fingerprint density at radius 3 is 2.04 bits per heavy atom. The molecule has 0 bridgehead atoms. The van der Waals surface area contributed by atoms with Gasteiger partial charge < -0.3 is 4.74 Å². The number of carbonyl (C=O) groups excluding carboxylic acids is 1. The standard InChI is InChI=1S/C17H11F5O2/c18-16(19)24-14-8-4-12(5-9-14)15(23)10-3-11-1-6-13(7-2-11)17(20,21)22/h1-10,16H/b10-3+. The van der Waals surface area contributed by atoms with Crippen molar-refractivity contribution >= 4 is 11.9 Å². The zero-order valence-electron chi connectivity index (χ0n) is 12.1. The number of carbonyl (C=O) groups is 1. The van der Waals surface area contributed by atoms with Crippen LogP contribution in [0.25, 0.3) is 6.08 Å². The van der Waals surface area contributed by atoms with E-state index in [4.69, 9.17) is 0 Å². The number of rotatable bonds is 5. The number of ketones is 1. The lowest BCUT2D eigenvalue weighted by atomic mass is 10.1. The molecule has 0 fully saturated rings. The molecule has 0 atom stereocenters. The maximum absolute atomic E-state index is 12.4. The molecule has 2 nitrogen and oxygen atoms in total. The van der Waals surface area contributed by atoms with Crippen LogP contribution in [0.5, 0.6) is 5.75 Å². The van der Waals surface area contributed by atoms with Gasteiger partial charge in [-0.3, -0.25) is 4.79 Å². The van der Waals surface area contributed by atoms with Crippen LogP contribution in [0.3, 0.4) is 0 Å². The van der Waals surface area contributed by atoms with Crippen LogP contribution in [0.2, 0.25) is 0 Å². The van der Waals surface area contributed by atoms with Crippen molar-refractivity contribution in [3.05, 3.63) is 71.3 Å². The summed E-state index contributed by atoms with van der Waals surface area (Å²) in [6, 6.07) is 9.41. The second-order valence-electron chi connectivity index (χ2n) is 4.72. The highest BCUT2D eigenvalue weighted by Gasteiger charge is 2.29. The van der Waals surface area contributed by atoms with Gasteiger partial charge in [0, 0.05) is 5.56 Å². The number of benzene rings is 2. The van der Waals surface area contributed by atoms with Gasteiger partial charge in [0.05, 0.1) is 5.56 Å². The number of allylic oxidation sites excluding steroid dienone is 1. The Labute approximate surface area is 134 Å². The summed E-state index contributed by atoms with van der Waals surface area (Å²) in [7, 11) is 0. The normalized spacial score (nSPS) is 11.9. The summed E-state index contributed by atoms with van der Waals surface area (Å²) in [5.41, 5.74) is -0.116. The van der Waals surface area contributed by atoms with Crippen LogP contribution in [0.1, 0.15) is 21.5 Å². The minimum Gasteiger partial charge on any atom is -0.435 e. The van der Waals surface area contributed by atoms with Gasteiger partial charge in [-0.05, 0) is 48.0 Å². The predicted octanol–water partition coefficient (Wildman–Crippen LogP) is 5.20. The van der Waals surface area contributed by atoms with Crippen LogP contribution in [0, 0.1) is 0 Å². The van der Waals surface area contributed by atoms with Crippen molar-refractivity contribution in [2.24, 2.45) is 0 Å². The number of hydrogen-bond acceptors (Lipinski definition) is 2. The molecule has 2 aromatic carbocycles. The fraction of sp³-hybridized carbons (Fsp3) is 0.118. The van der Waals surface area contributed by atoms with Gasteiger partial charge in [0.15, 0.2) is 5.78 Å². The number of ether oxygens (including phenoxy) is 1. The van der Waals surface area contributed by atoms with Gasteiger partial charge >= 0.3 is 12.8 Å². The van der Waals surface area contributed by atoms with Crippen LogP contribution in [-0.4, -0.2) is 12.4 Å². The first kappa shape index (κ1) is 17.7. The summed E-state index contributed by atoms with van der Waals surface area (Å²) < 4.78 is 65.5. The Hall–Kier alpha value is -2.70. The van der Waals surface area contributed by atoms with E-state index in [9.17, 15) is 26.7 Å². The lowest BCUT2D eigenvalue weighted by molar-refractivity contribution is -0.137. The topological polar surface area (TPSA) is 26.3 Å². The number of halogens is 5. The SMILES string of the molecule is O=C(/C=C/c1ccc(C(F)(F)F)cc1)c1ccc(OC(F)F)cc1. The summed E-state index contributed by atoms with van der Waals surface area (Å²) in [6.45, 7) is -2.95. The highest BCUT2D eigenvalue weighted by molar-refractivity contribution is 6.06. The second kappa shape index (κ2) is 7.25. The van der Waals surface area contributed by atoms with E-state index in [-0.39, 0.29) is 11.3 Å². The number of hydrogen-bond donors (Lipinski definition) is 0. The molecular weight excluding hydrogens is 331 g/mol. The monoisotopic (exact) mass is 342 g/mol. The highest BCUT2D eigenvalue weighted by atomic mass is 19.4. The maximum Gasteiger partial charge on any atom is 0.416 e. The molecule has 24 heavy (non-hydrogen) atoms. The molecule has 0 spiro atoms. The second-order valence-corrected chi connectivity index (χ2v) is 4.72. The molecule has 2 aromatic rings. The third-order valence-corrected chi connectivity index (χ3v) is 3.03. The minimum absolute atomic E-state index is 0.0757. The average Bonchev–Trinajstić information content (AvgIpc) is 2.52. The molecule has 0 saturated carbocycles. The summed E-state index contributed by atoms with van der Waals surface area (Å²) in [5, 5.41) is 0. The molecule has 2 rings (SSSR count). The van der Waals surface area contributed by atoms with Crippen molar-refractivity contribution in [3.8, 4) is 5.75 Å². The first-order chi connectivity index (χ1) is 11.3. The molecule has 0 amide bonds. The first-order valence-corrected chi connectivity index (χ1v) is 6.70. The van der Waals surface area contributed by atoms with E-state index in [1.807, 2.05) is 0 Å². The van der Waals surface area contributed by atoms with E-state index in [1.165, 1.54) is 48.6 Å². The van der Waals surface area contributed by atoms with E-state index in [0.29, 0.717) is 5.56 Å². The summed E-state index contributed by atoms with van der Waals surface area (Å²) in [5.74, 6) is -0.494. The van der Waals surface area contributed by atoms with Crippen LogP contribution >= 0.6 is 0 Å². The zero-order valence-corrected chi connectivity index (χ0v) is 12.1. The predicted molar refractivity (Wildman–Crippen MR) is 77.9 cm³/mol. The first-order valence-electron chi connectivity index (χ1n) is 6.70. The van der Waals surface area contributed by atoms with Crippen molar-refractivity contribution in [3.63, 3.8) is 0 Å². The molecule has 0 aliphatic carbocycles. The van der Waals surface area contributed by atoms with Gasteiger partial charge in [0.25, 0.3) is 0 Å². The zero-order chi connectivity index (χ0) is 17.7. The molecule has 0 saturated heterocycles. The van der Waals surface area contributed by atoms with Crippen LogP contribution in [-0.2, 0) is 6.18 Å². The van der Waals surface area contributed by atoms with E-state index >= 15 is 0 Å². The molecule has 0 aliphatic heterocycles. The van der Waals surface area contributed by atoms with Crippen molar-refractivity contribution in [1.29, 1.82) is 0 Å². The summed E-state index contributed by atoms with van der Waals surface area (Å²) in [6.07, 6.45) is -1.86. The van der Waals surface area contributed by atoms with Gasteiger partial charge in [-0.2, -0.15) is 22.0 Å². The Bertz CT molecular complexity index is 716. The van der Waals surface area contributed by atoms with Crippen molar-refractivity contribution in [2.75, 3.05) is 0 Å². The van der Waals surface area contributed by atoms with Crippen molar-refractivity contribution in [2.45, 2.75) is 12.8 Å². The molecule has 0 radical (unpaired) electrons. The van der Waals surface area contributed by atoms with E-state index in [1.54, 1.807) is 0 Å². The molecule has 126 valence electrons. The molecular formula is C17H11F5O2. The third kappa shape index (κ3) is 4.91. The third-order valence-electron chi connectivity index (χ3n) is 3.03. The largest absolute Gasteiger partial charge is 0.435 e. The molecule has 7 heteroatoms. The molecule has 0 aromatic heterocycles. The van der Waals surface area contributed by atoms with Gasteiger partial charge in [-0.25, -0.2) is 0 Å². The molecule has 0 unspecified atom stereocenters. The Morgan fingerprint density at radius 1 is 0.958 bits per heavy atom. The lowest BCUT2D eigenvalue weighted by Crippen LogP contribution is -2.04. The molecule has 0 aliphatic rings. The highest BCUT2D eigenvalue weighted by Crippen LogP contribution is 2.29. The maximum atomic E-state index is 12.4. The fourth-order valence-corrected chi connectivity index (χ4v) is 1.85. The van der Waals surface area contributed by atoms with Gasteiger partial charge in [-0.1, -0.05) is 18.2 Å². The van der Waals surface area contributed by atoms with Crippen molar-refractivity contribution in [1.82, 2.24) is 0 Å². The smallest absolute Gasteiger partial charge is 0.416 e. The van der Waals surface area contributed by atoms with Crippen LogP contribution in [0.15, 0.2) is 54.6 Å². The van der Waals surface area contributed by atoms with Crippen LogP contribution < -0.4 is 4.74 Å². The van der Waals surface area contributed by atoms with Crippen LogP contribution in [0.4, 0.5) is 22.0 Å². The van der Waals surface area contributed by atoms with Gasteiger partial charge in [0.1, 0.15) is 5.75 Å². The quantitative estimate of drug-likeness (QED) is 0.424. The summed E-state index contributed by atoms with van der Waals surface area (Å²) >= 11 is 0. The lowest BCUT2D eigenvalue weighted by Gasteiger charge is -2.06. The van der Waals surface area contributed by atoms with Gasteiger partial charge in [0.2, 0.25) is 0 Å². The average molecular weight is 342 g/mol. The Kier molecular flexibility index (Phi) is 5.33. The number of alkyl halides is 5. The molecule has 0 N–H and O–H groups in total. The van der Waals surface area contributed by atoms with E-state index in [0.717, 1.165) is 12.1 Å². The Balaban J connectivity index is 2.04. The molecule has 0 heterocycles. The van der Waals surface area contributed by atoms with Gasteiger partial charge in [-0.15, -0.1) is 0 Å². The van der Waals surface area contributed by atoms with Crippen molar-refractivity contribution < 1.29 is 31.5 Å². The Morgan fingerprint density at radius 2 is 1.54 bits per heavy atom. The minimum atomic E-state index is -4.42. The summed E-state index contributed by atoms with van der Waals surface area (Å²) in [4.78, 5) is 11.9. The fourth-order valence-electron chi connectivity index (χ4n) is 1.85. The van der Waals surface area contributed by atoms with E-state index in [2.05, 4.69) is 4.74 Å². The van der Waals surface area contributed by atoms with E-state index < -0.39 is 24.1 Å².